The molecule has 0 bridgehead atoms. The van der Waals surface area contributed by atoms with Gasteiger partial charge in [0.1, 0.15) is 5.60 Å². The maximum Gasteiger partial charge on any atom is 0.407 e. The van der Waals surface area contributed by atoms with Crippen LogP contribution in [0.3, 0.4) is 0 Å². The summed E-state index contributed by atoms with van der Waals surface area (Å²) in [4.78, 5) is 49.2. The number of hydrogen-bond acceptors (Lipinski definition) is 7. The molecule has 2 saturated carbocycles. The minimum atomic E-state index is -0.871. The van der Waals surface area contributed by atoms with Crippen molar-refractivity contribution in [3.8, 4) is 0 Å². The molecule has 220 valence electrons. The molecule has 2 aliphatic carbocycles. The van der Waals surface area contributed by atoms with Gasteiger partial charge in [0.05, 0.1) is 7.11 Å². The van der Waals surface area contributed by atoms with Crippen LogP contribution in [0.15, 0.2) is 0 Å². The van der Waals surface area contributed by atoms with E-state index < -0.39 is 29.7 Å². The summed E-state index contributed by atoms with van der Waals surface area (Å²) in [5.41, 5.74) is -0.889. The molecule has 2 rings (SSSR count). The Morgan fingerprint density at radius 1 is 0.868 bits per heavy atom. The second-order valence-electron chi connectivity index (χ2n) is 11.9. The highest BCUT2D eigenvalue weighted by atomic mass is 16.6. The third-order valence-electron chi connectivity index (χ3n) is 6.57. The van der Waals surface area contributed by atoms with Crippen molar-refractivity contribution in [2.45, 2.75) is 116 Å². The lowest BCUT2D eigenvalue weighted by atomic mass is 10.1. The smallest absolute Gasteiger partial charge is 0.407 e. The van der Waals surface area contributed by atoms with Gasteiger partial charge in [0, 0.05) is 43.8 Å². The first-order valence-corrected chi connectivity index (χ1v) is 13.8. The minimum Gasteiger partial charge on any atom is -0.465 e. The molecule has 0 atom stereocenters. The Hall–Kier alpha value is -2.56. The number of amides is 3. The Bertz CT molecular complexity index is 764. The molecule has 0 aromatic carbocycles. The molecule has 0 aromatic rings. The van der Waals surface area contributed by atoms with E-state index in [1.54, 1.807) is 20.8 Å². The molecule has 3 amide bonds. The fourth-order valence-corrected chi connectivity index (χ4v) is 4.69. The van der Waals surface area contributed by atoms with Gasteiger partial charge in [-0.25, -0.2) is 14.4 Å². The van der Waals surface area contributed by atoms with Crippen LogP contribution in [-0.4, -0.2) is 95.5 Å². The Balaban J connectivity index is 0.000000399. The van der Waals surface area contributed by atoms with E-state index in [0.717, 1.165) is 32.2 Å². The Labute approximate surface area is 228 Å². The van der Waals surface area contributed by atoms with Crippen molar-refractivity contribution in [2.75, 3.05) is 33.3 Å². The number of carbonyl (C=O) groups is 4. The number of nitrogens with zero attached hydrogens (tertiary/aromatic N) is 2. The van der Waals surface area contributed by atoms with E-state index in [1.807, 2.05) is 20.8 Å². The van der Waals surface area contributed by atoms with Gasteiger partial charge in [0.2, 0.25) is 0 Å². The van der Waals surface area contributed by atoms with E-state index in [0.29, 0.717) is 12.6 Å². The van der Waals surface area contributed by atoms with Crippen molar-refractivity contribution in [2.24, 2.45) is 0 Å². The van der Waals surface area contributed by atoms with E-state index >= 15 is 0 Å². The van der Waals surface area contributed by atoms with Gasteiger partial charge in [-0.15, -0.1) is 0 Å². The van der Waals surface area contributed by atoms with E-state index in [9.17, 15) is 19.2 Å². The Kier molecular flexibility index (Phi) is 13.9. The molecule has 3 N–H and O–H groups in total. The highest BCUT2D eigenvalue weighted by Crippen LogP contribution is 2.23. The zero-order valence-electron chi connectivity index (χ0n) is 24.4. The van der Waals surface area contributed by atoms with Crippen LogP contribution in [0.5, 0.6) is 0 Å². The summed E-state index contributed by atoms with van der Waals surface area (Å²) in [6, 6.07) is 0.641. The fourth-order valence-electron chi connectivity index (χ4n) is 4.69. The third kappa shape index (κ3) is 12.8. The van der Waals surface area contributed by atoms with Crippen molar-refractivity contribution in [3.05, 3.63) is 0 Å². The molecule has 0 spiro atoms. The maximum atomic E-state index is 12.1. The molecule has 0 unspecified atom stereocenters. The van der Waals surface area contributed by atoms with Crippen molar-refractivity contribution < 1.29 is 33.8 Å². The molecular weight excluding hydrogens is 492 g/mol. The van der Waals surface area contributed by atoms with Gasteiger partial charge in [-0.1, -0.05) is 25.7 Å². The van der Waals surface area contributed by atoms with Crippen LogP contribution in [0.4, 0.5) is 9.59 Å². The quantitative estimate of drug-likeness (QED) is 0.311. The van der Waals surface area contributed by atoms with Crippen LogP contribution in [0, 0.1) is 0 Å². The van der Waals surface area contributed by atoms with Gasteiger partial charge in [-0.3, -0.25) is 4.79 Å². The predicted octanol–water partition coefficient (Wildman–Crippen LogP) is 3.75. The number of methoxy groups -OCH3 is 1. The zero-order valence-corrected chi connectivity index (χ0v) is 24.4. The minimum absolute atomic E-state index is 0.0343. The molecule has 2 fully saturated rings. The number of rotatable bonds is 8. The van der Waals surface area contributed by atoms with Gasteiger partial charge in [0.25, 0.3) is 0 Å². The SMILES string of the molecule is CC(C)(C)N(CCNC1CCCC1)C(=O)O.COC(=O)C(=O)N(CCNC(=O)OC(C)(C)C)C1CCCC1. The number of esters is 1. The van der Waals surface area contributed by atoms with E-state index in [-0.39, 0.29) is 24.7 Å². The number of carbonyl (C=O) groups excluding carboxylic acids is 3. The molecule has 11 heteroatoms. The second-order valence-corrected chi connectivity index (χ2v) is 11.9. The molecular formula is C27H50N4O7. The van der Waals surface area contributed by atoms with Gasteiger partial charge < -0.3 is 35.0 Å². The highest BCUT2D eigenvalue weighted by molar-refractivity contribution is 6.32. The molecule has 0 heterocycles. The van der Waals surface area contributed by atoms with Crippen LogP contribution in [0.25, 0.3) is 0 Å². The number of carboxylic acid groups (broad SMARTS) is 1. The summed E-state index contributed by atoms with van der Waals surface area (Å²) in [6.45, 7) is 12.9. The second kappa shape index (κ2) is 15.8. The molecule has 0 radical (unpaired) electrons. The number of hydrogen-bond donors (Lipinski definition) is 3. The molecule has 2 aliphatic rings. The van der Waals surface area contributed by atoms with Gasteiger partial charge in [-0.05, 0) is 67.2 Å². The largest absolute Gasteiger partial charge is 0.465 e. The Morgan fingerprint density at radius 3 is 1.89 bits per heavy atom. The molecule has 38 heavy (non-hydrogen) atoms. The predicted molar refractivity (Wildman–Crippen MR) is 145 cm³/mol. The molecule has 0 aliphatic heterocycles. The normalized spacial score (nSPS) is 16.3. The maximum absolute atomic E-state index is 12.1. The topological polar surface area (TPSA) is 138 Å². The summed E-state index contributed by atoms with van der Waals surface area (Å²) in [5, 5.41) is 15.1. The lowest BCUT2D eigenvalue weighted by molar-refractivity contribution is -0.159. The summed E-state index contributed by atoms with van der Waals surface area (Å²) < 4.78 is 9.63. The first kappa shape index (κ1) is 33.5. The zero-order chi connectivity index (χ0) is 28.9. The summed E-state index contributed by atoms with van der Waals surface area (Å²) in [7, 11) is 1.19. The Morgan fingerprint density at radius 2 is 1.42 bits per heavy atom. The van der Waals surface area contributed by atoms with Crippen LogP contribution in [-0.2, 0) is 19.1 Å². The first-order valence-electron chi connectivity index (χ1n) is 13.8. The van der Waals surface area contributed by atoms with E-state index in [2.05, 4.69) is 15.4 Å². The van der Waals surface area contributed by atoms with Crippen molar-refractivity contribution in [1.29, 1.82) is 0 Å². The first-order chi connectivity index (χ1) is 17.7. The third-order valence-corrected chi connectivity index (χ3v) is 6.57. The number of alkyl carbamates (subject to hydrolysis) is 1. The monoisotopic (exact) mass is 542 g/mol. The lowest BCUT2D eigenvalue weighted by Gasteiger charge is -2.33. The number of nitrogens with one attached hydrogen (secondary N) is 2. The average molecular weight is 543 g/mol. The van der Waals surface area contributed by atoms with Crippen molar-refractivity contribution in [3.63, 3.8) is 0 Å². The lowest BCUT2D eigenvalue weighted by Crippen LogP contribution is -2.48. The summed E-state index contributed by atoms with van der Waals surface area (Å²) >= 11 is 0. The molecule has 0 aromatic heterocycles. The number of ether oxygens (including phenoxy) is 2. The highest BCUT2D eigenvalue weighted by Gasteiger charge is 2.31. The van der Waals surface area contributed by atoms with Crippen molar-refractivity contribution >= 4 is 24.1 Å². The van der Waals surface area contributed by atoms with E-state index in [4.69, 9.17) is 9.84 Å². The standard InChI is InChI=1S/C15H26N2O5.C12H24N2O2/c1-15(2,3)22-14(20)16-9-10-17(11-7-5-6-8-11)12(18)13(19)21-4;1-12(2,3)14(11(15)16)9-8-13-10-6-4-5-7-10/h11H,5-10H2,1-4H3,(H,16,20);10,13H,4-9H2,1-3H3,(H,15,16). The van der Waals surface area contributed by atoms with Gasteiger partial charge in [0.15, 0.2) is 0 Å². The van der Waals surface area contributed by atoms with Crippen LogP contribution in [0.1, 0.15) is 92.9 Å². The van der Waals surface area contributed by atoms with E-state index in [1.165, 1.54) is 42.6 Å². The van der Waals surface area contributed by atoms with Crippen LogP contribution in [0.2, 0.25) is 0 Å². The average Bonchev–Trinajstić information content (AvgIpc) is 3.51. The molecule has 0 saturated heterocycles. The molecule has 11 nitrogen and oxygen atoms in total. The summed E-state index contributed by atoms with van der Waals surface area (Å²) in [5.74, 6) is -1.52. The van der Waals surface area contributed by atoms with Crippen LogP contribution >= 0.6 is 0 Å². The summed E-state index contributed by atoms with van der Waals surface area (Å²) in [6.07, 6.45) is 7.53. The van der Waals surface area contributed by atoms with Gasteiger partial charge in [-0.2, -0.15) is 0 Å². The fraction of sp³-hybridized carbons (Fsp3) is 0.852. The van der Waals surface area contributed by atoms with Gasteiger partial charge >= 0.3 is 24.1 Å². The van der Waals surface area contributed by atoms with Crippen molar-refractivity contribution in [1.82, 2.24) is 20.4 Å². The van der Waals surface area contributed by atoms with Crippen LogP contribution < -0.4 is 10.6 Å².